The molecule has 0 amide bonds. The van der Waals surface area contributed by atoms with Crippen LogP contribution in [0, 0.1) is 5.82 Å². The van der Waals surface area contributed by atoms with E-state index in [9.17, 15) is 9.50 Å². The third-order valence-electron chi connectivity index (χ3n) is 2.59. The zero-order chi connectivity index (χ0) is 12.9. The molecule has 1 atom stereocenters. The average molecular weight is 241 g/mol. The van der Waals surface area contributed by atoms with Gasteiger partial charge >= 0.3 is 0 Å². The van der Waals surface area contributed by atoms with Crippen LogP contribution >= 0.6 is 0 Å². The Morgan fingerprint density at radius 3 is 2.76 bits per heavy atom. The van der Waals surface area contributed by atoms with Crippen molar-refractivity contribution >= 4 is 0 Å². The highest BCUT2D eigenvalue weighted by Crippen LogP contribution is 2.23. The van der Waals surface area contributed by atoms with E-state index in [4.69, 9.17) is 4.74 Å². The van der Waals surface area contributed by atoms with Gasteiger partial charge in [0, 0.05) is 13.0 Å². The molecule has 0 aliphatic rings. The zero-order valence-corrected chi connectivity index (χ0v) is 10.6. The molecule has 2 N–H and O–H groups in total. The Hall–Kier alpha value is -1.13. The maximum atomic E-state index is 13.9. The van der Waals surface area contributed by atoms with Gasteiger partial charge in [0.1, 0.15) is 0 Å². The molecule has 0 spiro atoms. The summed E-state index contributed by atoms with van der Waals surface area (Å²) in [5, 5.41) is 13.2. The van der Waals surface area contributed by atoms with Crippen LogP contribution in [0.3, 0.4) is 0 Å². The number of likely N-dealkylation sites (N-methyl/N-ethyl adjacent to an activating group) is 1. The summed E-state index contributed by atoms with van der Waals surface area (Å²) in [5.74, 6) is -0.187. The molecular formula is C13H20FNO2. The molecule has 1 aromatic rings. The Morgan fingerprint density at radius 1 is 1.47 bits per heavy atom. The number of nitrogens with one attached hydrogen (secondary N) is 1. The summed E-state index contributed by atoms with van der Waals surface area (Å²) in [7, 11) is 1.43. The Kier molecular flexibility index (Phi) is 4.90. The molecule has 0 aliphatic carbocycles. The molecule has 0 aromatic heterocycles. The van der Waals surface area contributed by atoms with Crippen molar-refractivity contribution in [3.05, 3.63) is 29.6 Å². The van der Waals surface area contributed by atoms with E-state index >= 15 is 0 Å². The molecule has 0 radical (unpaired) electrons. The quantitative estimate of drug-likeness (QED) is 0.797. The summed E-state index contributed by atoms with van der Waals surface area (Å²) in [4.78, 5) is 0. The van der Waals surface area contributed by atoms with E-state index in [1.54, 1.807) is 25.1 Å². The number of benzene rings is 1. The van der Waals surface area contributed by atoms with Gasteiger partial charge in [0.2, 0.25) is 0 Å². The summed E-state index contributed by atoms with van der Waals surface area (Å²) in [6.07, 6.45) is 0.253. The summed E-state index contributed by atoms with van der Waals surface area (Å²) in [6, 6.07) is 4.96. The van der Waals surface area contributed by atoms with Gasteiger partial charge in [-0.25, -0.2) is 4.39 Å². The first-order valence-electron chi connectivity index (χ1n) is 5.74. The van der Waals surface area contributed by atoms with Crippen LogP contribution in [-0.4, -0.2) is 30.9 Å². The molecule has 4 heteroatoms. The second-order valence-corrected chi connectivity index (χ2v) is 4.39. The fourth-order valence-electron chi connectivity index (χ4n) is 1.72. The van der Waals surface area contributed by atoms with E-state index in [2.05, 4.69) is 5.32 Å². The highest BCUT2D eigenvalue weighted by atomic mass is 19.1. The Bertz CT molecular complexity index is 366. The van der Waals surface area contributed by atoms with Gasteiger partial charge in [-0.05, 0) is 25.1 Å². The largest absolute Gasteiger partial charge is 0.494 e. The van der Waals surface area contributed by atoms with Gasteiger partial charge in [0.05, 0.1) is 12.7 Å². The maximum absolute atomic E-state index is 13.9. The maximum Gasteiger partial charge on any atom is 0.168 e. The van der Waals surface area contributed by atoms with E-state index in [-0.39, 0.29) is 12.2 Å². The molecule has 0 heterocycles. The van der Waals surface area contributed by atoms with E-state index in [0.29, 0.717) is 12.1 Å². The highest BCUT2D eigenvalue weighted by molar-refractivity contribution is 5.31. The van der Waals surface area contributed by atoms with Crippen LogP contribution in [0.1, 0.15) is 19.4 Å². The topological polar surface area (TPSA) is 41.5 Å². The molecule has 96 valence electrons. The molecule has 0 bridgehead atoms. The fourth-order valence-corrected chi connectivity index (χ4v) is 1.72. The fraction of sp³-hybridized carbons (Fsp3) is 0.538. The van der Waals surface area contributed by atoms with Crippen molar-refractivity contribution in [3.63, 3.8) is 0 Å². The van der Waals surface area contributed by atoms with Crippen LogP contribution in [-0.2, 0) is 6.42 Å². The third kappa shape index (κ3) is 3.98. The lowest BCUT2D eigenvalue weighted by atomic mass is 9.96. The van der Waals surface area contributed by atoms with Crippen LogP contribution in [0.15, 0.2) is 18.2 Å². The van der Waals surface area contributed by atoms with Crippen LogP contribution in [0.4, 0.5) is 4.39 Å². The van der Waals surface area contributed by atoms with Gasteiger partial charge in [-0.1, -0.05) is 19.1 Å². The molecule has 1 unspecified atom stereocenters. The van der Waals surface area contributed by atoms with Crippen molar-refractivity contribution in [1.29, 1.82) is 0 Å². The number of hydrogen-bond donors (Lipinski definition) is 2. The van der Waals surface area contributed by atoms with Gasteiger partial charge < -0.3 is 15.2 Å². The molecule has 0 saturated heterocycles. The van der Waals surface area contributed by atoms with E-state index in [1.807, 2.05) is 6.92 Å². The second-order valence-electron chi connectivity index (χ2n) is 4.39. The highest BCUT2D eigenvalue weighted by Gasteiger charge is 2.23. The summed E-state index contributed by atoms with van der Waals surface area (Å²) >= 11 is 0. The lowest BCUT2D eigenvalue weighted by Crippen LogP contribution is -2.39. The molecular weight excluding hydrogens is 221 g/mol. The summed E-state index contributed by atoms with van der Waals surface area (Å²) in [5.41, 5.74) is -0.504. The molecule has 0 saturated carbocycles. The first-order valence-corrected chi connectivity index (χ1v) is 5.74. The molecule has 17 heavy (non-hydrogen) atoms. The number of rotatable bonds is 6. The number of halogens is 1. The number of aliphatic hydroxyl groups is 1. The van der Waals surface area contributed by atoms with Crippen LogP contribution in [0.5, 0.6) is 5.75 Å². The van der Waals surface area contributed by atoms with E-state index < -0.39 is 11.4 Å². The van der Waals surface area contributed by atoms with Gasteiger partial charge in [-0.15, -0.1) is 0 Å². The molecule has 0 fully saturated rings. The van der Waals surface area contributed by atoms with Crippen molar-refractivity contribution in [1.82, 2.24) is 5.32 Å². The molecule has 1 aromatic carbocycles. The number of ether oxygens (including phenoxy) is 1. The van der Waals surface area contributed by atoms with Gasteiger partial charge in [0.15, 0.2) is 11.6 Å². The lowest BCUT2D eigenvalue weighted by Gasteiger charge is -2.24. The minimum Gasteiger partial charge on any atom is -0.494 e. The molecule has 0 aliphatic heterocycles. The third-order valence-corrected chi connectivity index (χ3v) is 2.59. The van der Waals surface area contributed by atoms with Crippen LogP contribution in [0.25, 0.3) is 0 Å². The van der Waals surface area contributed by atoms with Crippen molar-refractivity contribution in [3.8, 4) is 5.75 Å². The van der Waals surface area contributed by atoms with Gasteiger partial charge in [0.25, 0.3) is 0 Å². The van der Waals surface area contributed by atoms with Crippen molar-refractivity contribution < 1.29 is 14.2 Å². The van der Waals surface area contributed by atoms with Crippen molar-refractivity contribution in [2.75, 3.05) is 20.2 Å². The van der Waals surface area contributed by atoms with Crippen LogP contribution < -0.4 is 10.1 Å². The molecule has 3 nitrogen and oxygen atoms in total. The zero-order valence-electron chi connectivity index (χ0n) is 10.6. The standard InChI is InChI=1S/C13H20FNO2/c1-4-15-9-13(2,16)8-10-6-5-7-11(17-3)12(10)14/h5-7,15-16H,4,8-9H2,1-3H3. The predicted molar refractivity (Wildman–Crippen MR) is 65.8 cm³/mol. The Balaban J connectivity index is 2.80. The Labute approximate surface area is 102 Å². The first kappa shape index (κ1) is 13.9. The normalized spacial score (nSPS) is 14.4. The van der Waals surface area contributed by atoms with Gasteiger partial charge in [-0.2, -0.15) is 0 Å². The van der Waals surface area contributed by atoms with E-state index in [0.717, 1.165) is 6.54 Å². The first-order chi connectivity index (χ1) is 8.00. The average Bonchev–Trinajstić information content (AvgIpc) is 2.29. The van der Waals surface area contributed by atoms with Gasteiger partial charge in [-0.3, -0.25) is 0 Å². The minimum atomic E-state index is -0.969. The summed E-state index contributed by atoms with van der Waals surface area (Å²) < 4.78 is 18.8. The second kappa shape index (κ2) is 5.98. The monoisotopic (exact) mass is 241 g/mol. The predicted octanol–water partition coefficient (Wildman–Crippen LogP) is 1.74. The van der Waals surface area contributed by atoms with E-state index in [1.165, 1.54) is 7.11 Å². The minimum absolute atomic E-state index is 0.210. The smallest absolute Gasteiger partial charge is 0.168 e. The van der Waals surface area contributed by atoms with Crippen molar-refractivity contribution in [2.24, 2.45) is 0 Å². The van der Waals surface area contributed by atoms with Crippen LogP contribution in [0.2, 0.25) is 0 Å². The Morgan fingerprint density at radius 2 is 2.18 bits per heavy atom. The lowest BCUT2D eigenvalue weighted by molar-refractivity contribution is 0.0597. The number of hydrogen-bond acceptors (Lipinski definition) is 3. The number of methoxy groups -OCH3 is 1. The summed E-state index contributed by atoms with van der Waals surface area (Å²) in [6.45, 7) is 4.85. The van der Waals surface area contributed by atoms with Crippen molar-refractivity contribution in [2.45, 2.75) is 25.9 Å². The molecule has 1 rings (SSSR count). The SMILES string of the molecule is CCNCC(C)(O)Cc1cccc(OC)c1F.